The second-order valence-electron chi connectivity index (χ2n) is 5.47. The third kappa shape index (κ3) is 3.94. The molecule has 1 atom stereocenters. The summed E-state index contributed by atoms with van der Waals surface area (Å²) < 4.78 is 18.1. The Morgan fingerprint density at radius 1 is 1.46 bits per heavy atom. The number of fused-ring (bicyclic) bond motifs is 1. The summed E-state index contributed by atoms with van der Waals surface area (Å²) in [7, 11) is 0. The summed E-state index contributed by atoms with van der Waals surface area (Å²) in [4.78, 5) is 11.6. The van der Waals surface area contributed by atoms with Gasteiger partial charge in [-0.05, 0) is 40.0 Å². The van der Waals surface area contributed by atoms with Gasteiger partial charge in [0, 0.05) is 6.54 Å². The van der Waals surface area contributed by atoms with Crippen molar-refractivity contribution in [2.45, 2.75) is 17.5 Å². The maximum atomic E-state index is 13.4. The molecule has 138 valence electrons. The molecule has 1 heterocycles. The normalized spacial score (nSPS) is 15.9. The molecule has 1 unspecified atom stereocenters. The summed E-state index contributed by atoms with van der Waals surface area (Å²) in [6, 6.07) is 4.30. The number of carbonyl (C=O) groups excluding carboxylic acids is 1. The van der Waals surface area contributed by atoms with Gasteiger partial charge in [-0.2, -0.15) is 0 Å². The van der Waals surface area contributed by atoms with Crippen molar-refractivity contribution in [3.8, 4) is 0 Å². The Bertz CT molecular complexity index is 828. The fraction of sp³-hybridized carbons (Fsp3) is 0.333. The van der Waals surface area contributed by atoms with E-state index in [1.54, 1.807) is 6.07 Å². The number of nitrogens with one attached hydrogen (secondary N) is 2. The fourth-order valence-electron chi connectivity index (χ4n) is 2.51. The Morgan fingerprint density at radius 3 is 3.08 bits per heavy atom. The highest BCUT2D eigenvalue weighted by atomic mass is 32.2. The van der Waals surface area contributed by atoms with Crippen LogP contribution in [0.4, 0.5) is 4.39 Å². The summed E-state index contributed by atoms with van der Waals surface area (Å²) in [5.41, 5.74) is 1.94. The van der Waals surface area contributed by atoms with Gasteiger partial charge in [-0.25, -0.2) is 9.02 Å². The first kappa shape index (κ1) is 18.1. The maximum absolute atomic E-state index is 13.4. The van der Waals surface area contributed by atoms with E-state index in [4.69, 9.17) is 5.11 Å². The molecular weight excluding hydrogens is 365 g/mol. The minimum absolute atomic E-state index is 0.0180. The van der Waals surface area contributed by atoms with Crippen molar-refractivity contribution in [1.29, 1.82) is 0 Å². The SMILES string of the molecule is O=C(CSc1nonc1/C(=N/O)NC1Cc2ccc(F)cc21)NCCO. The van der Waals surface area contributed by atoms with Gasteiger partial charge >= 0.3 is 0 Å². The number of hydrogen-bond donors (Lipinski definition) is 4. The van der Waals surface area contributed by atoms with Crippen LogP contribution < -0.4 is 10.6 Å². The third-order valence-corrected chi connectivity index (χ3v) is 4.72. The van der Waals surface area contributed by atoms with Crippen LogP contribution in [-0.4, -0.2) is 51.3 Å². The number of halogens is 1. The van der Waals surface area contributed by atoms with E-state index >= 15 is 0 Å². The number of hydrogen-bond acceptors (Lipinski definition) is 8. The number of benzene rings is 1. The number of oxime groups is 1. The molecule has 26 heavy (non-hydrogen) atoms. The van der Waals surface area contributed by atoms with E-state index < -0.39 is 0 Å². The highest BCUT2D eigenvalue weighted by Gasteiger charge is 2.29. The van der Waals surface area contributed by atoms with Crippen LogP contribution in [-0.2, 0) is 11.2 Å². The van der Waals surface area contributed by atoms with Crippen LogP contribution in [0.5, 0.6) is 0 Å². The molecule has 1 amide bonds. The van der Waals surface area contributed by atoms with Gasteiger partial charge < -0.3 is 20.9 Å². The molecule has 11 heteroatoms. The summed E-state index contributed by atoms with van der Waals surface area (Å²) >= 11 is 1.04. The standard InChI is InChI=1S/C15H16FN5O4S/c16-9-2-1-8-5-11(10(8)6-9)18-14(19-24)13-15(21-25-20-13)26-7-12(23)17-3-4-22/h1-2,6,11,22,24H,3-5,7H2,(H,17,23)(H,18,19). The average Bonchev–Trinajstić information content (AvgIpc) is 3.09. The molecule has 4 N–H and O–H groups in total. The van der Waals surface area contributed by atoms with E-state index in [1.807, 2.05) is 0 Å². The number of nitrogens with zero attached hydrogens (tertiary/aromatic N) is 3. The quantitative estimate of drug-likeness (QED) is 0.178. The zero-order valence-corrected chi connectivity index (χ0v) is 14.3. The molecule has 0 radical (unpaired) electrons. The van der Waals surface area contributed by atoms with Crippen LogP contribution in [0.3, 0.4) is 0 Å². The summed E-state index contributed by atoms with van der Waals surface area (Å²) in [5.74, 6) is -0.593. The number of rotatable bonds is 7. The molecule has 1 aromatic carbocycles. The van der Waals surface area contributed by atoms with Gasteiger partial charge in [0.25, 0.3) is 0 Å². The predicted molar refractivity (Wildman–Crippen MR) is 89.4 cm³/mol. The molecule has 9 nitrogen and oxygen atoms in total. The number of aliphatic hydroxyl groups excluding tert-OH is 1. The number of amides is 1. The van der Waals surface area contributed by atoms with Crippen molar-refractivity contribution in [2.24, 2.45) is 5.16 Å². The molecule has 1 aliphatic carbocycles. The van der Waals surface area contributed by atoms with Gasteiger partial charge in [0.05, 0.1) is 18.4 Å². The van der Waals surface area contributed by atoms with Crippen molar-refractivity contribution in [3.05, 3.63) is 40.8 Å². The van der Waals surface area contributed by atoms with Crippen LogP contribution in [0.15, 0.2) is 33.0 Å². The van der Waals surface area contributed by atoms with Gasteiger partial charge in [-0.3, -0.25) is 4.79 Å². The number of carbonyl (C=O) groups is 1. The molecule has 0 spiro atoms. The molecule has 1 aromatic heterocycles. The van der Waals surface area contributed by atoms with Crippen molar-refractivity contribution < 1.29 is 24.1 Å². The van der Waals surface area contributed by atoms with E-state index in [-0.39, 0.29) is 53.2 Å². The summed E-state index contributed by atoms with van der Waals surface area (Å²) in [6.07, 6.45) is 0.645. The lowest BCUT2D eigenvalue weighted by Crippen LogP contribution is -2.36. The number of aliphatic hydroxyl groups is 1. The van der Waals surface area contributed by atoms with E-state index in [0.29, 0.717) is 6.42 Å². The average molecular weight is 381 g/mol. The van der Waals surface area contributed by atoms with Crippen LogP contribution in [0, 0.1) is 5.82 Å². The third-order valence-electron chi connectivity index (χ3n) is 3.78. The van der Waals surface area contributed by atoms with Crippen LogP contribution in [0.25, 0.3) is 0 Å². The van der Waals surface area contributed by atoms with E-state index in [0.717, 1.165) is 22.9 Å². The Balaban J connectivity index is 1.65. The maximum Gasteiger partial charge on any atom is 0.230 e. The van der Waals surface area contributed by atoms with Crippen molar-refractivity contribution in [3.63, 3.8) is 0 Å². The zero-order chi connectivity index (χ0) is 18.5. The Morgan fingerprint density at radius 2 is 2.31 bits per heavy atom. The second kappa shape index (κ2) is 8.15. The molecular formula is C15H16FN5O4S. The number of amidine groups is 1. The van der Waals surface area contributed by atoms with Gasteiger partial charge in [-0.1, -0.05) is 23.0 Å². The molecule has 0 fully saturated rings. The van der Waals surface area contributed by atoms with Crippen LogP contribution in [0.2, 0.25) is 0 Å². The smallest absolute Gasteiger partial charge is 0.230 e. The molecule has 0 saturated carbocycles. The largest absolute Gasteiger partial charge is 0.409 e. The first-order valence-corrected chi connectivity index (χ1v) is 8.71. The first-order chi connectivity index (χ1) is 12.6. The van der Waals surface area contributed by atoms with Crippen LogP contribution >= 0.6 is 11.8 Å². The monoisotopic (exact) mass is 381 g/mol. The predicted octanol–water partition coefficient (Wildman–Crippen LogP) is 0.432. The first-order valence-electron chi connectivity index (χ1n) is 7.72. The van der Waals surface area contributed by atoms with Crippen molar-refractivity contribution in [2.75, 3.05) is 18.9 Å². The highest BCUT2D eigenvalue weighted by Crippen LogP contribution is 2.34. The topological polar surface area (TPSA) is 133 Å². The van der Waals surface area contributed by atoms with E-state index in [2.05, 4.69) is 30.7 Å². The summed E-state index contributed by atoms with van der Waals surface area (Å²) in [5, 5.41) is 34.3. The minimum Gasteiger partial charge on any atom is -0.409 e. The lowest BCUT2D eigenvalue weighted by Gasteiger charge is -2.31. The molecule has 1 aliphatic rings. The van der Waals surface area contributed by atoms with Gasteiger partial charge in [-0.15, -0.1) is 0 Å². The Labute approximate surface area is 151 Å². The van der Waals surface area contributed by atoms with E-state index in [9.17, 15) is 14.4 Å². The van der Waals surface area contributed by atoms with Crippen molar-refractivity contribution in [1.82, 2.24) is 20.9 Å². The lowest BCUT2D eigenvalue weighted by atomic mass is 9.83. The summed E-state index contributed by atoms with van der Waals surface area (Å²) in [6.45, 7) is 0.00767. The minimum atomic E-state index is -0.342. The fourth-order valence-corrected chi connectivity index (χ4v) is 3.24. The Hall–Kier alpha value is -2.66. The van der Waals surface area contributed by atoms with Crippen LogP contribution in [0.1, 0.15) is 22.9 Å². The van der Waals surface area contributed by atoms with Crippen molar-refractivity contribution >= 4 is 23.5 Å². The number of aromatic nitrogens is 2. The molecule has 0 bridgehead atoms. The second-order valence-corrected chi connectivity index (χ2v) is 6.44. The Kier molecular flexibility index (Phi) is 5.68. The molecule has 0 saturated heterocycles. The lowest BCUT2D eigenvalue weighted by molar-refractivity contribution is -0.118. The van der Waals surface area contributed by atoms with E-state index in [1.165, 1.54) is 12.1 Å². The highest BCUT2D eigenvalue weighted by molar-refractivity contribution is 8.00. The molecule has 2 aromatic rings. The van der Waals surface area contributed by atoms with Gasteiger partial charge in [0.15, 0.2) is 16.6 Å². The number of thioether (sulfide) groups is 1. The molecule has 0 aliphatic heterocycles. The zero-order valence-electron chi connectivity index (χ0n) is 13.5. The van der Waals surface area contributed by atoms with Gasteiger partial charge in [0.2, 0.25) is 5.91 Å². The van der Waals surface area contributed by atoms with Gasteiger partial charge in [0.1, 0.15) is 5.82 Å². The molecule has 3 rings (SSSR count).